The lowest BCUT2D eigenvalue weighted by Gasteiger charge is -2.08. The third-order valence-electron chi connectivity index (χ3n) is 3.20. The molecule has 0 aliphatic rings. The second-order valence-electron chi connectivity index (χ2n) is 5.17. The third kappa shape index (κ3) is 4.71. The molecule has 1 amide bonds. The monoisotopic (exact) mass is 338 g/mol. The van der Waals surface area contributed by atoms with Crippen LogP contribution in [0.3, 0.4) is 0 Å². The summed E-state index contributed by atoms with van der Waals surface area (Å²) in [5, 5.41) is 15.7. The molecule has 0 aliphatic carbocycles. The Kier molecular flexibility index (Phi) is 6.01. The number of aliphatic hydroxyl groups excluding tert-OH is 1. The predicted octanol–water partition coefficient (Wildman–Crippen LogP) is 2.64. The largest absolute Gasteiger partial charge is 0.486 e. The standard InChI is InChI=1S/C16H19ClN2O4/c1-10-6-12(7-11(2)15(10)17)22-9-13-8-14(19-23-13)16(21)18-4-3-5-20/h6-8,20H,3-5,9H2,1-2H3,(H,18,21). The van der Waals surface area contributed by atoms with Crippen LogP contribution < -0.4 is 10.1 Å². The quantitative estimate of drug-likeness (QED) is 0.758. The SMILES string of the molecule is Cc1cc(OCc2cc(C(=O)NCCCO)no2)cc(C)c1Cl. The van der Waals surface area contributed by atoms with E-state index in [1.54, 1.807) is 0 Å². The summed E-state index contributed by atoms with van der Waals surface area (Å²) in [6.07, 6.45) is 0.495. The number of aryl methyl sites for hydroxylation is 2. The number of hydrogen-bond acceptors (Lipinski definition) is 5. The maximum Gasteiger partial charge on any atom is 0.273 e. The summed E-state index contributed by atoms with van der Waals surface area (Å²) < 4.78 is 10.7. The van der Waals surface area contributed by atoms with Crippen LogP contribution >= 0.6 is 11.6 Å². The maximum atomic E-state index is 11.8. The lowest BCUT2D eigenvalue weighted by atomic mass is 10.1. The van der Waals surface area contributed by atoms with Gasteiger partial charge >= 0.3 is 0 Å². The molecule has 2 N–H and O–H groups in total. The van der Waals surface area contributed by atoms with Gasteiger partial charge in [-0.3, -0.25) is 4.79 Å². The van der Waals surface area contributed by atoms with E-state index >= 15 is 0 Å². The van der Waals surface area contributed by atoms with E-state index in [1.165, 1.54) is 6.07 Å². The molecule has 0 spiro atoms. The molecule has 0 saturated carbocycles. The number of halogens is 1. The molecule has 0 fully saturated rings. The van der Waals surface area contributed by atoms with Crippen molar-refractivity contribution in [3.8, 4) is 5.75 Å². The van der Waals surface area contributed by atoms with Gasteiger partial charge in [0.2, 0.25) is 0 Å². The third-order valence-corrected chi connectivity index (χ3v) is 3.80. The average Bonchev–Trinajstić information content (AvgIpc) is 2.99. The van der Waals surface area contributed by atoms with Crippen molar-refractivity contribution in [2.45, 2.75) is 26.9 Å². The van der Waals surface area contributed by atoms with E-state index in [2.05, 4.69) is 10.5 Å². The van der Waals surface area contributed by atoms with Crippen LogP contribution in [0.25, 0.3) is 0 Å². The van der Waals surface area contributed by atoms with Gasteiger partial charge in [0.1, 0.15) is 12.4 Å². The molecule has 1 aromatic heterocycles. The van der Waals surface area contributed by atoms with Crippen molar-refractivity contribution in [1.29, 1.82) is 0 Å². The maximum absolute atomic E-state index is 11.8. The number of aromatic nitrogens is 1. The van der Waals surface area contributed by atoms with Crippen LogP contribution in [0.1, 0.15) is 33.8 Å². The number of aliphatic hydroxyl groups is 1. The topological polar surface area (TPSA) is 84.6 Å². The van der Waals surface area contributed by atoms with Crippen LogP contribution in [-0.2, 0) is 6.61 Å². The van der Waals surface area contributed by atoms with E-state index in [0.29, 0.717) is 24.5 Å². The molecule has 0 saturated heterocycles. The molecule has 2 aromatic rings. The molecule has 1 heterocycles. The Bertz CT molecular complexity index is 661. The van der Waals surface area contributed by atoms with E-state index < -0.39 is 0 Å². The van der Waals surface area contributed by atoms with Gasteiger partial charge in [0.15, 0.2) is 11.5 Å². The summed E-state index contributed by atoms with van der Waals surface area (Å²) in [7, 11) is 0. The zero-order valence-electron chi connectivity index (χ0n) is 13.1. The first-order chi connectivity index (χ1) is 11.0. The zero-order chi connectivity index (χ0) is 16.8. The molecule has 0 aliphatic heterocycles. The van der Waals surface area contributed by atoms with Gasteiger partial charge in [-0.1, -0.05) is 16.8 Å². The smallest absolute Gasteiger partial charge is 0.273 e. The van der Waals surface area contributed by atoms with Crippen molar-refractivity contribution in [1.82, 2.24) is 10.5 Å². The molecule has 124 valence electrons. The molecule has 2 rings (SSSR count). The van der Waals surface area contributed by atoms with E-state index in [9.17, 15) is 4.79 Å². The number of benzene rings is 1. The fourth-order valence-electron chi connectivity index (χ4n) is 2.00. The van der Waals surface area contributed by atoms with Gasteiger partial charge in [-0.15, -0.1) is 0 Å². The van der Waals surface area contributed by atoms with E-state index in [1.807, 2.05) is 26.0 Å². The summed E-state index contributed by atoms with van der Waals surface area (Å²) >= 11 is 6.11. The highest BCUT2D eigenvalue weighted by Crippen LogP contribution is 2.26. The van der Waals surface area contributed by atoms with Crippen LogP contribution in [0.2, 0.25) is 5.02 Å². The highest BCUT2D eigenvalue weighted by molar-refractivity contribution is 6.32. The fraction of sp³-hybridized carbons (Fsp3) is 0.375. The molecular formula is C16H19ClN2O4. The van der Waals surface area contributed by atoms with Gasteiger partial charge in [-0.05, 0) is 43.5 Å². The minimum atomic E-state index is -0.341. The average molecular weight is 339 g/mol. The number of carbonyl (C=O) groups is 1. The van der Waals surface area contributed by atoms with Crippen LogP contribution in [-0.4, -0.2) is 29.3 Å². The van der Waals surface area contributed by atoms with Crippen LogP contribution in [0.15, 0.2) is 22.7 Å². The zero-order valence-corrected chi connectivity index (χ0v) is 13.8. The molecule has 6 nitrogen and oxygen atoms in total. The van der Waals surface area contributed by atoms with Gasteiger partial charge in [0, 0.05) is 24.2 Å². The number of carbonyl (C=O) groups excluding carboxylic acids is 1. The number of amides is 1. The van der Waals surface area contributed by atoms with Crippen LogP contribution in [0.5, 0.6) is 5.75 Å². The number of rotatable bonds is 7. The summed E-state index contributed by atoms with van der Waals surface area (Å²) in [6, 6.07) is 5.21. The van der Waals surface area contributed by atoms with Gasteiger partial charge in [0.25, 0.3) is 5.91 Å². The van der Waals surface area contributed by atoms with Crippen molar-refractivity contribution in [3.05, 3.63) is 45.8 Å². The van der Waals surface area contributed by atoms with E-state index in [4.69, 9.17) is 26.0 Å². The number of nitrogens with one attached hydrogen (secondary N) is 1. The Hall–Kier alpha value is -2.05. The van der Waals surface area contributed by atoms with Crippen molar-refractivity contribution in [2.75, 3.05) is 13.2 Å². The first-order valence-corrected chi connectivity index (χ1v) is 7.63. The predicted molar refractivity (Wildman–Crippen MR) is 85.8 cm³/mol. The highest BCUT2D eigenvalue weighted by Gasteiger charge is 2.12. The van der Waals surface area contributed by atoms with E-state index in [-0.39, 0.29) is 24.8 Å². The molecule has 0 radical (unpaired) electrons. The second-order valence-corrected chi connectivity index (χ2v) is 5.55. The Morgan fingerprint density at radius 3 is 2.70 bits per heavy atom. The number of ether oxygens (including phenoxy) is 1. The highest BCUT2D eigenvalue weighted by atomic mass is 35.5. The second kappa shape index (κ2) is 7.99. The molecule has 0 atom stereocenters. The molecule has 0 bridgehead atoms. The minimum Gasteiger partial charge on any atom is -0.486 e. The Morgan fingerprint density at radius 1 is 1.35 bits per heavy atom. The summed E-state index contributed by atoms with van der Waals surface area (Å²) in [5.74, 6) is 0.781. The Labute approximate surface area is 139 Å². The molecule has 7 heteroatoms. The Balaban J connectivity index is 1.93. The summed E-state index contributed by atoms with van der Waals surface area (Å²) in [6.45, 7) is 4.39. The lowest BCUT2D eigenvalue weighted by molar-refractivity contribution is 0.0941. The van der Waals surface area contributed by atoms with Crippen LogP contribution in [0.4, 0.5) is 0 Å². The van der Waals surface area contributed by atoms with Crippen molar-refractivity contribution in [2.24, 2.45) is 0 Å². The lowest BCUT2D eigenvalue weighted by Crippen LogP contribution is -2.25. The molecular weight excluding hydrogens is 320 g/mol. The van der Waals surface area contributed by atoms with Crippen molar-refractivity contribution < 1.29 is 19.2 Å². The fourth-order valence-corrected chi connectivity index (χ4v) is 2.11. The molecule has 23 heavy (non-hydrogen) atoms. The molecule has 1 aromatic carbocycles. The van der Waals surface area contributed by atoms with E-state index in [0.717, 1.165) is 16.1 Å². The first-order valence-electron chi connectivity index (χ1n) is 7.25. The van der Waals surface area contributed by atoms with Gasteiger partial charge in [-0.25, -0.2) is 0 Å². The van der Waals surface area contributed by atoms with Gasteiger partial charge < -0.3 is 19.7 Å². The normalized spacial score (nSPS) is 10.6. The van der Waals surface area contributed by atoms with Gasteiger partial charge in [-0.2, -0.15) is 0 Å². The van der Waals surface area contributed by atoms with Crippen molar-refractivity contribution >= 4 is 17.5 Å². The van der Waals surface area contributed by atoms with Crippen molar-refractivity contribution in [3.63, 3.8) is 0 Å². The number of nitrogens with zero attached hydrogens (tertiary/aromatic N) is 1. The Morgan fingerprint density at radius 2 is 2.04 bits per heavy atom. The molecule has 0 unspecified atom stereocenters. The first kappa shape index (κ1) is 17.3. The van der Waals surface area contributed by atoms with Gasteiger partial charge in [0.05, 0.1) is 0 Å². The minimum absolute atomic E-state index is 0.0259. The summed E-state index contributed by atoms with van der Waals surface area (Å²) in [4.78, 5) is 11.8. The number of hydrogen-bond donors (Lipinski definition) is 2. The summed E-state index contributed by atoms with van der Waals surface area (Å²) in [5.41, 5.74) is 2.05. The van der Waals surface area contributed by atoms with Crippen LogP contribution in [0, 0.1) is 13.8 Å².